The van der Waals surface area contributed by atoms with Gasteiger partial charge in [0.05, 0.1) is 5.54 Å². The lowest BCUT2D eigenvalue weighted by atomic mass is 10.1. The lowest BCUT2D eigenvalue weighted by Gasteiger charge is -2.13. The summed E-state index contributed by atoms with van der Waals surface area (Å²) < 4.78 is 0. The normalized spacial score (nSPS) is 17.5. The molecule has 2 nitrogen and oxygen atoms in total. The molecule has 1 N–H and O–H groups in total. The fourth-order valence-electron chi connectivity index (χ4n) is 1.69. The molecule has 0 atom stereocenters. The Balaban J connectivity index is 1.99. The average molecular weight is 232 g/mol. The van der Waals surface area contributed by atoms with Gasteiger partial charge in [-0.25, -0.2) is 0 Å². The van der Waals surface area contributed by atoms with E-state index in [0.717, 1.165) is 19.3 Å². The Morgan fingerprint density at radius 1 is 1.27 bits per heavy atom. The van der Waals surface area contributed by atoms with Crippen molar-refractivity contribution in [2.24, 2.45) is 0 Å². The van der Waals surface area contributed by atoms with Crippen LogP contribution in [0.15, 0.2) is 0 Å². The summed E-state index contributed by atoms with van der Waals surface area (Å²) in [5.41, 5.74) is -0.0257. The number of hydrogen-bond acceptors (Lipinski definition) is 1. The number of carbonyl (C=O) groups excluding carboxylic acids is 1. The number of amides is 1. The molecular weight excluding hydrogens is 210 g/mol. The number of alkyl halides is 1. The van der Waals surface area contributed by atoms with Gasteiger partial charge in [-0.2, -0.15) is 0 Å². The quantitative estimate of drug-likeness (QED) is 0.504. The number of hydrogen-bond donors (Lipinski definition) is 1. The molecule has 0 heterocycles. The Hall–Kier alpha value is -0.240. The number of rotatable bonds is 8. The second-order valence-corrected chi connectivity index (χ2v) is 4.89. The van der Waals surface area contributed by atoms with Gasteiger partial charge in [-0.1, -0.05) is 32.6 Å². The first-order valence-electron chi connectivity index (χ1n) is 6.09. The van der Waals surface area contributed by atoms with E-state index in [1.807, 2.05) is 0 Å². The highest BCUT2D eigenvalue weighted by molar-refractivity contribution is 6.19. The summed E-state index contributed by atoms with van der Waals surface area (Å²) in [5, 5.41) is 3.04. The fraction of sp³-hybridized carbons (Fsp3) is 0.917. The summed E-state index contributed by atoms with van der Waals surface area (Å²) >= 11 is 5.79. The zero-order valence-corrected chi connectivity index (χ0v) is 10.4. The lowest BCUT2D eigenvalue weighted by Crippen LogP contribution is -2.38. The molecule has 0 aliphatic heterocycles. The van der Waals surface area contributed by atoms with Gasteiger partial charge in [-0.05, 0) is 19.3 Å². The molecule has 0 saturated heterocycles. The Bertz CT molecular complexity index is 202. The van der Waals surface area contributed by atoms with E-state index in [1.165, 1.54) is 25.7 Å². The van der Waals surface area contributed by atoms with Crippen molar-refractivity contribution in [2.75, 3.05) is 5.88 Å². The van der Waals surface area contributed by atoms with Crippen molar-refractivity contribution in [3.8, 4) is 0 Å². The summed E-state index contributed by atoms with van der Waals surface area (Å²) in [6.45, 7) is 2.20. The van der Waals surface area contributed by atoms with Crippen molar-refractivity contribution in [3.63, 3.8) is 0 Å². The van der Waals surface area contributed by atoms with E-state index in [4.69, 9.17) is 11.6 Å². The summed E-state index contributed by atoms with van der Waals surface area (Å²) in [6.07, 6.45) is 8.76. The Labute approximate surface area is 97.8 Å². The number of nitrogens with one attached hydrogen (secondary N) is 1. The molecule has 1 saturated carbocycles. The number of carbonyl (C=O) groups is 1. The topological polar surface area (TPSA) is 29.1 Å². The number of halogens is 1. The van der Waals surface area contributed by atoms with E-state index in [-0.39, 0.29) is 11.4 Å². The summed E-state index contributed by atoms with van der Waals surface area (Å²) in [7, 11) is 0. The first-order chi connectivity index (χ1) is 7.22. The van der Waals surface area contributed by atoms with E-state index in [2.05, 4.69) is 12.2 Å². The van der Waals surface area contributed by atoms with E-state index in [1.54, 1.807) is 0 Å². The monoisotopic (exact) mass is 231 g/mol. The molecule has 0 bridgehead atoms. The van der Waals surface area contributed by atoms with E-state index in [9.17, 15) is 4.79 Å². The van der Waals surface area contributed by atoms with E-state index < -0.39 is 0 Å². The first-order valence-corrected chi connectivity index (χ1v) is 6.63. The van der Waals surface area contributed by atoms with Gasteiger partial charge in [0.25, 0.3) is 0 Å². The molecule has 1 aliphatic rings. The van der Waals surface area contributed by atoms with E-state index in [0.29, 0.717) is 12.3 Å². The number of unbranched alkanes of at least 4 members (excludes halogenated alkanes) is 4. The van der Waals surface area contributed by atoms with Gasteiger partial charge in [-0.3, -0.25) is 4.79 Å². The summed E-state index contributed by atoms with van der Waals surface area (Å²) in [5.74, 6) is 0.749. The third-order valence-electron chi connectivity index (χ3n) is 3.02. The van der Waals surface area contributed by atoms with Crippen LogP contribution in [-0.2, 0) is 4.79 Å². The molecule has 0 aromatic heterocycles. The maximum Gasteiger partial charge on any atom is 0.220 e. The van der Waals surface area contributed by atoms with Gasteiger partial charge in [0.1, 0.15) is 0 Å². The third kappa shape index (κ3) is 4.87. The highest BCUT2D eigenvalue weighted by Gasteiger charge is 2.42. The van der Waals surface area contributed by atoms with Gasteiger partial charge >= 0.3 is 0 Å². The van der Waals surface area contributed by atoms with Crippen LogP contribution in [-0.4, -0.2) is 17.3 Å². The Morgan fingerprint density at radius 2 is 1.93 bits per heavy atom. The van der Waals surface area contributed by atoms with Crippen LogP contribution in [0.5, 0.6) is 0 Å². The largest absolute Gasteiger partial charge is 0.349 e. The van der Waals surface area contributed by atoms with Crippen LogP contribution in [0.1, 0.15) is 58.3 Å². The summed E-state index contributed by atoms with van der Waals surface area (Å²) in [4.78, 5) is 11.5. The van der Waals surface area contributed by atoms with Crippen LogP contribution in [0.2, 0.25) is 0 Å². The molecule has 0 radical (unpaired) electrons. The molecule has 3 heteroatoms. The van der Waals surface area contributed by atoms with Gasteiger partial charge in [0.15, 0.2) is 0 Å². The van der Waals surface area contributed by atoms with Gasteiger partial charge in [0, 0.05) is 12.3 Å². The molecule has 0 aromatic rings. The highest BCUT2D eigenvalue weighted by Crippen LogP contribution is 2.36. The predicted molar refractivity (Wildman–Crippen MR) is 64.2 cm³/mol. The van der Waals surface area contributed by atoms with Crippen molar-refractivity contribution in [3.05, 3.63) is 0 Å². The van der Waals surface area contributed by atoms with Crippen molar-refractivity contribution in [1.29, 1.82) is 0 Å². The molecule has 1 rings (SSSR count). The molecule has 15 heavy (non-hydrogen) atoms. The maximum atomic E-state index is 11.5. The highest BCUT2D eigenvalue weighted by atomic mass is 35.5. The first kappa shape index (κ1) is 12.8. The van der Waals surface area contributed by atoms with Gasteiger partial charge in [-0.15, -0.1) is 11.6 Å². The van der Waals surface area contributed by atoms with Crippen LogP contribution < -0.4 is 5.32 Å². The molecule has 0 unspecified atom stereocenters. The molecule has 1 amide bonds. The maximum absolute atomic E-state index is 11.5. The van der Waals surface area contributed by atoms with Gasteiger partial charge < -0.3 is 5.32 Å². The minimum atomic E-state index is -0.0257. The van der Waals surface area contributed by atoms with Crippen molar-refractivity contribution in [2.45, 2.75) is 63.8 Å². The zero-order chi connectivity index (χ0) is 11.1. The molecule has 0 aromatic carbocycles. The molecular formula is C12H22ClNO. The Kier molecular flexibility index (Phi) is 5.44. The fourth-order valence-corrected chi connectivity index (χ4v) is 2.02. The summed E-state index contributed by atoms with van der Waals surface area (Å²) in [6, 6.07) is 0. The predicted octanol–water partition coefficient (Wildman–Crippen LogP) is 3.23. The van der Waals surface area contributed by atoms with E-state index >= 15 is 0 Å². The standard InChI is InChI=1S/C12H22ClNO/c1-2-3-4-5-6-7-11(15)14-12(10-13)8-9-12/h2-10H2,1H3,(H,14,15). The molecule has 1 fully saturated rings. The second kappa shape index (κ2) is 6.37. The van der Waals surface area contributed by atoms with Crippen LogP contribution in [0, 0.1) is 0 Å². The molecule has 0 spiro atoms. The van der Waals surface area contributed by atoms with Crippen molar-refractivity contribution in [1.82, 2.24) is 5.32 Å². The smallest absolute Gasteiger partial charge is 0.220 e. The zero-order valence-electron chi connectivity index (χ0n) is 9.65. The van der Waals surface area contributed by atoms with Crippen molar-refractivity contribution >= 4 is 17.5 Å². The SMILES string of the molecule is CCCCCCCC(=O)NC1(CCl)CC1. The minimum absolute atomic E-state index is 0.0257. The molecule has 1 aliphatic carbocycles. The van der Waals surface area contributed by atoms with Crippen molar-refractivity contribution < 1.29 is 4.79 Å². The Morgan fingerprint density at radius 3 is 2.47 bits per heavy atom. The minimum Gasteiger partial charge on any atom is -0.349 e. The van der Waals surface area contributed by atoms with Gasteiger partial charge in [0.2, 0.25) is 5.91 Å². The van der Waals surface area contributed by atoms with Crippen LogP contribution in [0.4, 0.5) is 0 Å². The third-order valence-corrected chi connectivity index (χ3v) is 3.53. The van der Waals surface area contributed by atoms with Crippen LogP contribution in [0.3, 0.4) is 0 Å². The lowest BCUT2D eigenvalue weighted by molar-refractivity contribution is -0.122. The van der Waals surface area contributed by atoms with Crippen LogP contribution in [0.25, 0.3) is 0 Å². The average Bonchev–Trinajstić information content (AvgIpc) is 2.98. The van der Waals surface area contributed by atoms with Crippen LogP contribution >= 0.6 is 11.6 Å². The molecule has 88 valence electrons. The second-order valence-electron chi connectivity index (χ2n) is 4.63.